The Morgan fingerprint density at radius 2 is 2.00 bits per heavy atom. The van der Waals surface area contributed by atoms with Crippen LogP contribution in [-0.4, -0.2) is 34.6 Å². The second-order valence-electron chi connectivity index (χ2n) is 5.35. The molecule has 1 aromatic carbocycles. The fourth-order valence-corrected chi connectivity index (χ4v) is 4.00. The van der Waals surface area contributed by atoms with Gasteiger partial charge in [0.05, 0.1) is 17.1 Å². The highest BCUT2D eigenvalue weighted by Gasteiger charge is 2.45. The van der Waals surface area contributed by atoms with Gasteiger partial charge in [-0.1, -0.05) is 30.3 Å². The number of hydrogen-bond acceptors (Lipinski definition) is 5. The molecule has 1 fully saturated rings. The zero-order valence-corrected chi connectivity index (χ0v) is 13.5. The van der Waals surface area contributed by atoms with E-state index in [4.69, 9.17) is 4.74 Å². The van der Waals surface area contributed by atoms with Crippen LogP contribution in [0.25, 0.3) is 0 Å². The molecule has 1 unspecified atom stereocenters. The van der Waals surface area contributed by atoms with E-state index >= 15 is 0 Å². The maximum absolute atomic E-state index is 12.8. The number of carbonyl (C=O) groups excluding carboxylic acids is 3. The number of carbonyl (C=O) groups is 3. The monoisotopic (exact) mass is 320 g/mol. The average molecular weight is 320 g/mol. The summed E-state index contributed by atoms with van der Waals surface area (Å²) in [5.74, 6) is 0.218. The van der Waals surface area contributed by atoms with Crippen LogP contribution < -0.4 is 0 Å². The number of rotatable bonds is 7. The van der Waals surface area contributed by atoms with E-state index in [0.29, 0.717) is 30.8 Å². The van der Waals surface area contributed by atoms with E-state index in [2.05, 4.69) is 0 Å². The molecule has 1 aliphatic rings. The summed E-state index contributed by atoms with van der Waals surface area (Å²) in [6.07, 6.45) is 1.62. The predicted molar refractivity (Wildman–Crippen MR) is 86.1 cm³/mol. The van der Waals surface area contributed by atoms with E-state index in [9.17, 15) is 14.4 Å². The van der Waals surface area contributed by atoms with Gasteiger partial charge < -0.3 is 4.74 Å². The van der Waals surface area contributed by atoms with Crippen LogP contribution in [0.2, 0.25) is 0 Å². The molecule has 2 rings (SSSR count). The van der Waals surface area contributed by atoms with Gasteiger partial charge in [-0.05, 0) is 19.8 Å². The molecule has 1 heterocycles. The quantitative estimate of drug-likeness (QED) is 0.571. The Kier molecular flexibility index (Phi) is 5.77. The highest BCUT2D eigenvalue weighted by Crippen LogP contribution is 2.43. The third-order valence-corrected chi connectivity index (χ3v) is 5.26. The molecule has 118 valence electrons. The molecule has 1 aliphatic heterocycles. The fourth-order valence-electron chi connectivity index (χ4n) is 2.66. The molecule has 0 aromatic heterocycles. The first-order chi connectivity index (χ1) is 10.6. The molecule has 4 nitrogen and oxygen atoms in total. The number of esters is 1. The fraction of sp³-hybridized carbons (Fsp3) is 0.471. The van der Waals surface area contributed by atoms with Crippen molar-refractivity contribution in [2.75, 3.05) is 12.4 Å². The van der Waals surface area contributed by atoms with Gasteiger partial charge in [0, 0.05) is 18.4 Å². The molecule has 0 aliphatic carbocycles. The molecular weight excluding hydrogens is 300 g/mol. The molecule has 5 heteroatoms. The zero-order chi connectivity index (χ0) is 16.0. The van der Waals surface area contributed by atoms with E-state index in [-0.39, 0.29) is 30.4 Å². The van der Waals surface area contributed by atoms with Gasteiger partial charge in [-0.25, -0.2) is 0 Å². The van der Waals surface area contributed by atoms with Crippen LogP contribution in [0.15, 0.2) is 30.3 Å². The van der Waals surface area contributed by atoms with Gasteiger partial charge in [0.25, 0.3) is 0 Å². The Balaban J connectivity index is 2.07. The van der Waals surface area contributed by atoms with Crippen LogP contribution in [0, 0.1) is 0 Å². The van der Waals surface area contributed by atoms with Crippen LogP contribution >= 0.6 is 11.8 Å². The van der Waals surface area contributed by atoms with Crippen LogP contribution in [0.5, 0.6) is 0 Å². The molecule has 0 spiro atoms. The zero-order valence-electron chi connectivity index (χ0n) is 12.7. The summed E-state index contributed by atoms with van der Waals surface area (Å²) in [5, 5.41) is 0. The number of ketones is 2. The summed E-state index contributed by atoms with van der Waals surface area (Å²) in [4.78, 5) is 36.0. The molecule has 22 heavy (non-hydrogen) atoms. The molecule has 1 aromatic rings. The molecule has 0 radical (unpaired) electrons. The van der Waals surface area contributed by atoms with Gasteiger partial charge in [0.2, 0.25) is 0 Å². The maximum atomic E-state index is 12.8. The summed E-state index contributed by atoms with van der Waals surface area (Å²) in [5.41, 5.74) is 0.626. The van der Waals surface area contributed by atoms with Crippen LogP contribution in [0.1, 0.15) is 43.0 Å². The first-order valence-electron chi connectivity index (χ1n) is 7.48. The molecule has 0 saturated carbocycles. The largest absolute Gasteiger partial charge is 0.466 e. The first kappa shape index (κ1) is 16.7. The molecule has 0 bridgehead atoms. The third kappa shape index (κ3) is 3.97. The summed E-state index contributed by atoms with van der Waals surface area (Å²) >= 11 is 1.41. The molecule has 0 N–H and O–H groups in total. The number of thioether (sulfide) groups is 1. The van der Waals surface area contributed by atoms with E-state index < -0.39 is 4.75 Å². The van der Waals surface area contributed by atoms with Crippen molar-refractivity contribution >= 4 is 29.3 Å². The van der Waals surface area contributed by atoms with Crippen molar-refractivity contribution < 1.29 is 19.1 Å². The molecule has 0 amide bonds. The Hall–Kier alpha value is -1.62. The summed E-state index contributed by atoms with van der Waals surface area (Å²) < 4.78 is 4.19. The number of benzene rings is 1. The lowest BCUT2D eigenvalue weighted by atomic mass is 9.88. The van der Waals surface area contributed by atoms with Crippen LogP contribution in [0.3, 0.4) is 0 Å². The SMILES string of the molecule is CCOC(=O)CCCC1(C(=O)c2ccccc2)CC(=O)CS1. The minimum atomic E-state index is -0.717. The summed E-state index contributed by atoms with van der Waals surface area (Å²) in [7, 11) is 0. The predicted octanol–water partition coefficient (Wildman–Crippen LogP) is 3.05. The third-order valence-electron chi connectivity index (χ3n) is 3.71. The first-order valence-corrected chi connectivity index (χ1v) is 8.47. The highest BCUT2D eigenvalue weighted by molar-refractivity contribution is 8.02. The number of ether oxygens (including phenoxy) is 1. The van der Waals surface area contributed by atoms with Crippen molar-refractivity contribution in [3.63, 3.8) is 0 Å². The van der Waals surface area contributed by atoms with E-state index in [1.165, 1.54) is 11.8 Å². The van der Waals surface area contributed by atoms with Crippen LogP contribution in [-0.2, 0) is 14.3 Å². The van der Waals surface area contributed by atoms with Gasteiger partial charge in [0.1, 0.15) is 5.78 Å². The van der Waals surface area contributed by atoms with Crippen molar-refractivity contribution in [2.24, 2.45) is 0 Å². The number of Topliss-reactive ketones (excluding diaryl/α,β-unsaturated/α-hetero) is 2. The molecule has 1 saturated heterocycles. The van der Waals surface area contributed by atoms with Crippen molar-refractivity contribution in [3.8, 4) is 0 Å². The minimum Gasteiger partial charge on any atom is -0.466 e. The van der Waals surface area contributed by atoms with Gasteiger partial charge in [0.15, 0.2) is 5.78 Å². The van der Waals surface area contributed by atoms with E-state index in [1.807, 2.05) is 18.2 Å². The lowest BCUT2D eigenvalue weighted by Crippen LogP contribution is -2.33. The van der Waals surface area contributed by atoms with Gasteiger partial charge in [-0.2, -0.15) is 0 Å². The summed E-state index contributed by atoms with van der Waals surface area (Å²) in [6.45, 7) is 2.13. The van der Waals surface area contributed by atoms with Gasteiger partial charge >= 0.3 is 5.97 Å². The lowest BCUT2D eigenvalue weighted by molar-refractivity contribution is -0.143. The van der Waals surface area contributed by atoms with Crippen molar-refractivity contribution in [2.45, 2.75) is 37.4 Å². The normalized spacial score (nSPS) is 20.9. The second kappa shape index (κ2) is 7.58. The molecule has 1 atom stereocenters. The Bertz CT molecular complexity index is 555. The highest BCUT2D eigenvalue weighted by atomic mass is 32.2. The molecular formula is C17H20O4S. The van der Waals surface area contributed by atoms with E-state index in [1.54, 1.807) is 19.1 Å². The Labute approximate surface area is 134 Å². The van der Waals surface area contributed by atoms with Crippen molar-refractivity contribution in [3.05, 3.63) is 35.9 Å². The smallest absolute Gasteiger partial charge is 0.305 e. The van der Waals surface area contributed by atoms with Crippen LogP contribution in [0.4, 0.5) is 0 Å². The van der Waals surface area contributed by atoms with Gasteiger partial charge in [-0.15, -0.1) is 11.8 Å². The van der Waals surface area contributed by atoms with E-state index in [0.717, 1.165) is 0 Å². The standard InChI is InChI=1S/C17H20O4S/c1-2-21-15(19)9-6-10-17(11-14(18)12-22-17)16(20)13-7-4-3-5-8-13/h3-5,7-8H,2,6,9-12H2,1H3. The number of hydrogen-bond donors (Lipinski definition) is 0. The summed E-state index contributed by atoms with van der Waals surface area (Å²) in [6, 6.07) is 9.05. The second-order valence-corrected chi connectivity index (χ2v) is 6.71. The Morgan fingerprint density at radius 1 is 1.27 bits per heavy atom. The maximum Gasteiger partial charge on any atom is 0.305 e. The average Bonchev–Trinajstić information content (AvgIpc) is 2.90. The Morgan fingerprint density at radius 3 is 2.59 bits per heavy atom. The topological polar surface area (TPSA) is 60.4 Å². The van der Waals surface area contributed by atoms with Crippen molar-refractivity contribution in [1.82, 2.24) is 0 Å². The van der Waals surface area contributed by atoms with Crippen molar-refractivity contribution in [1.29, 1.82) is 0 Å². The van der Waals surface area contributed by atoms with Gasteiger partial charge in [-0.3, -0.25) is 14.4 Å². The lowest BCUT2D eigenvalue weighted by Gasteiger charge is -2.25. The minimum absolute atomic E-state index is 0.00666.